The third kappa shape index (κ3) is 2.96. The summed E-state index contributed by atoms with van der Waals surface area (Å²) >= 11 is 0. The largest absolute Gasteiger partial charge is 0.456 e. The highest BCUT2D eigenvalue weighted by Gasteiger charge is 2.51. The first-order valence-corrected chi connectivity index (χ1v) is 6.21. The summed E-state index contributed by atoms with van der Waals surface area (Å²) in [7, 11) is 1.64. The Balaban J connectivity index is 2.91. The molecular formula is C13H22NO4+. The van der Waals surface area contributed by atoms with Gasteiger partial charge in [-0.2, -0.15) is 0 Å². The first-order valence-electron chi connectivity index (χ1n) is 6.21. The van der Waals surface area contributed by atoms with Crippen LogP contribution in [0.5, 0.6) is 0 Å². The fourth-order valence-electron chi connectivity index (χ4n) is 2.38. The average molecular weight is 256 g/mol. The summed E-state index contributed by atoms with van der Waals surface area (Å²) in [6.45, 7) is 7.13. The van der Waals surface area contributed by atoms with Gasteiger partial charge in [-0.25, -0.2) is 14.1 Å². The SMILES string of the molecule is CC(=O)C(=O)[N+]1(C)CCC[C@H]1C(=O)OC(C)(C)C. The molecular weight excluding hydrogens is 234 g/mol. The van der Waals surface area contributed by atoms with Crippen LogP contribution in [0.4, 0.5) is 0 Å². The number of ether oxygens (including phenoxy) is 1. The minimum Gasteiger partial charge on any atom is -0.456 e. The topological polar surface area (TPSA) is 60.4 Å². The molecule has 5 nitrogen and oxygen atoms in total. The van der Waals surface area contributed by atoms with E-state index >= 15 is 0 Å². The first-order chi connectivity index (χ1) is 8.08. The van der Waals surface area contributed by atoms with E-state index in [4.69, 9.17) is 4.74 Å². The van der Waals surface area contributed by atoms with Gasteiger partial charge in [-0.1, -0.05) is 0 Å². The maximum absolute atomic E-state index is 12.1. The number of nitrogens with zero attached hydrogens (tertiary/aromatic N) is 1. The molecule has 0 aromatic rings. The molecule has 1 unspecified atom stereocenters. The van der Waals surface area contributed by atoms with E-state index in [2.05, 4.69) is 0 Å². The lowest BCUT2D eigenvalue weighted by atomic mass is 10.1. The number of carbonyl (C=O) groups is 3. The summed E-state index contributed by atoms with van der Waals surface area (Å²) in [5, 5.41) is 0. The number of likely N-dealkylation sites (N-methyl/N-ethyl adjacent to an activating group) is 1. The van der Waals surface area contributed by atoms with Gasteiger partial charge >= 0.3 is 11.9 Å². The van der Waals surface area contributed by atoms with Gasteiger partial charge in [0.1, 0.15) is 5.60 Å². The number of amides is 1. The molecule has 0 aromatic carbocycles. The van der Waals surface area contributed by atoms with Gasteiger partial charge in [0.25, 0.3) is 5.78 Å². The summed E-state index contributed by atoms with van der Waals surface area (Å²) in [6.07, 6.45) is 1.34. The number of hydrogen-bond donors (Lipinski definition) is 0. The predicted octanol–water partition coefficient (Wildman–Crippen LogP) is 1.05. The Morgan fingerprint density at radius 1 is 1.22 bits per heavy atom. The van der Waals surface area contributed by atoms with Crippen molar-refractivity contribution in [2.45, 2.75) is 52.2 Å². The normalized spacial score (nSPS) is 27.9. The number of hydrogen-bond acceptors (Lipinski definition) is 4. The molecule has 0 saturated carbocycles. The number of likely N-dealkylation sites (tertiary alicyclic amines) is 1. The monoisotopic (exact) mass is 256 g/mol. The van der Waals surface area contributed by atoms with Crippen LogP contribution in [0.2, 0.25) is 0 Å². The van der Waals surface area contributed by atoms with Crippen molar-refractivity contribution in [2.75, 3.05) is 13.6 Å². The molecule has 1 aliphatic rings. The smallest absolute Gasteiger partial charge is 0.381 e. The first kappa shape index (κ1) is 14.8. The van der Waals surface area contributed by atoms with Gasteiger partial charge in [-0.3, -0.25) is 4.79 Å². The van der Waals surface area contributed by atoms with Gasteiger partial charge in [-0.15, -0.1) is 0 Å². The zero-order valence-electron chi connectivity index (χ0n) is 11.8. The van der Waals surface area contributed by atoms with Gasteiger partial charge in [0.15, 0.2) is 6.04 Å². The summed E-state index contributed by atoms with van der Waals surface area (Å²) in [6, 6.07) is -0.555. The Labute approximate surface area is 108 Å². The van der Waals surface area contributed by atoms with Crippen molar-refractivity contribution in [1.82, 2.24) is 0 Å². The van der Waals surface area contributed by atoms with E-state index in [1.807, 2.05) is 0 Å². The van der Waals surface area contributed by atoms with Crippen LogP contribution in [0.1, 0.15) is 40.5 Å². The second kappa shape index (κ2) is 4.80. The molecule has 0 aliphatic carbocycles. The zero-order chi connectivity index (χ0) is 14.1. The molecule has 1 rings (SSSR count). The molecule has 1 fully saturated rings. The Hall–Kier alpha value is -1.23. The van der Waals surface area contributed by atoms with Gasteiger partial charge in [-0.05, 0) is 20.8 Å². The van der Waals surface area contributed by atoms with E-state index in [0.717, 1.165) is 6.42 Å². The number of ketones is 1. The molecule has 0 bridgehead atoms. The molecule has 0 aromatic heterocycles. The summed E-state index contributed by atoms with van der Waals surface area (Å²) in [4.78, 5) is 35.3. The number of Topliss-reactive ketones (excluding diaryl/α,β-unsaturated/α-hetero) is 1. The number of carbonyl (C=O) groups excluding carboxylic acids is 3. The Morgan fingerprint density at radius 3 is 2.22 bits per heavy atom. The highest BCUT2D eigenvalue weighted by Crippen LogP contribution is 2.27. The van der Waals surface area contributed by atoms with Crippen molar-refractivity contribution in [3.63, 3.8) is 0 Å². The predicted molar refractivity (Wildman–Crippen MR) is 65.6 cm³/mol. The molecule has 0 N–H and O–H groups in total. The summed E-state index contributed by atoms with van der Waals surface area (Å²) < 4.78 is 5.18. The third-order valence-corrected chi connectivity index (χ3v) is 3.23. The minimum absolute atomic E-state index is 0.149. The molecule has 1 aliphatic heterocycles. The molecule has 2 atom stereocenters. The molecule has 1 saturated heterocycles. The van der Waals surface area contributed by atoms with E-state index in [9.17, 15) is 14.4 Å². The third-order valence-electron chi connectivity index (χ3n) is 3.23. The highest BCUT2D eigenvalue weighted by atomic mass is 16.6. The van der Waals surface area contributed by atoms with Crippen molar-refractivity contribution >= 4 is 17.7 Å². The van der Waals surface area contributed by atoms with Crippen molar-refractivity contribution in [3.8, 4) is 0 Å². The van der Waals surface area contributed by atoms with Crippen LogP contribution in [-0.4, -0.2) is 47.4 Å². The maximum Gasteiger partial charge on any atom is 0.381 e. The van der Waals surface area contributed by atoms with Gasteiger partial charge in [0.2, 0.25) is 0 Å². The zero-order valence-corrected chi connectivity index (χ0v) is 11.8. The molecule has 5 heteroatoms. The van der Waals surface area contributed by atoms with Crippen LogP contribution in [0.15, 0.2) is 0 Å². The Kier molecular flexibility index (Phi) is 3.96. The Morgan fingerprint density at radius 2 is 1.78 bits per heavy atom. The molecule has 0 radical (unpaired) electrons. The van der Waals surface area contributed by atoms with Crippen LogP contribution in [0, 0.1) is 0 Å². The fraction of sp³-hybridized carbons (Fsp3) is 0.769. The van der Waals surface area contributed by atoms with Crippen LogP contribution in [0.25, 0.3) is 0 Å². The van der Waals surface area contributed by atoms with Crippen LogP contribution >= 0.6 is 0 Å². The molecule has 1 amide bonds. The summed E-state index contributed by atoms with van der Waals surface area (Å²) in [5.74, 6) is -1.41. The quantitative estimate of drug-likeness (QED) is 0.421. The number of esters is 1. The summed E-state index contributed by atoms with van der Waals surface area (Å²) in [5.41, 5.74) is -0.580. The second-order valence-electron chi connectivity index (χ2n) is 6.04. The van der Waals surface area contributed by atoms with Crippen molar-refractivity contribution < 1.29 is 23.6 Å². The lowest BCUT2D eigenvalue weighted by Gasteiger charge is -2.32. The van der Waals surface area contributed by atoms with E-state index in [-0.39, 0.29) is 4.48 Å². The fourth-order valence-corrected chi connectivity index (χ4v) is 2.38. The molecule has 0 spiro atoms. The van der Waals surface area contributed by atoms with Gasteiger partial charge < -0.3 is 4.74 Å². The van der Waals surface area contributed by atoms with E-state index in [1.165, 1.54) is 6.92 Å². The van der Waals surface area contributed by atoms with Crippen molar-refractivity contribution in [2.24, 2.45) is 0 Å². The van der Waals surface area contributed by atoms with Crippen LogP contribution < -0.4 is 0 Å². The minimum atomic E-state index is -0.580. The van der Waals surface area contributed by atoms with E-state index < -0.39 is 29.3 Å². The second-order valence-corrected chi connectivity index (χ2v) is 6.04. The lowest BCUT2D eigenvalue weighted by Crippen LogP contribution is -2.58. The standard InChI is InChI=1S/C13H22NO4/c1-9(15)11(16)14(5)8-6-7-10(14)12(17)18-13(2,3)4/h10H,6-8H2,1-5H3/q+1/t10-,14?/m0/s1. The number of quaternary nitrogens is 1. The average Bonchev–Trinajstić information content (AvgIpc) is 2.57. The van der Waals surface area contributed by atoms with E-state index in [0.29, 0.717) is 13.0 Å². The van der Waals surface area contributed by atoms with Gasteiger partial charge in [0.05, 0.1) is 13.6 Å². The maximum atomic E-state index is 12.1. The molecule has 18 heavy (non-hydrogen) atoms. The lowest BCUT2D eigenvalue weighted by molar-refractivity contribution is -0.834. The van der Waals surface area contributed by atoms with E-state index in [1.54, 1.807) is 27.8 Å². The van der Waals surface area contributed by atoms with Crippen molar-refractivity contribution in [1.29, 1.82) is 0 Å². The Bertz CT molecular complexity index is 383. The van der Waals surface area contributed by atoms with Crippen LogP contribution in [0.3, 0.4) is 0 Å². The van der Waals surface area contributed by atoms with Crippen LogP contribution in [-0.2, 0) is 19.1 Å². The van der Waals surface area contributed by atoms with Crippen molar-refractivity contribution in [3.05, 3.63) is 0 Å². The highest BCUT2D eigenvalue weighted by molar-refractivity contribution is 6.32. The van der Waals surface area contributed by atoms with Gasteiger partial charge in [0, 0.05) is 19.8 Å². The molecule has 1 heterocycles. The molecule has 102 valence electrons. The number of rotatable bonds is 2.